The third kappa shape index (κ3) is 11.6. The fraction of sp³-hybridized carbons (Fsp3) is 0.516. The molecule has 0 radical (unpaired) electrons. The molecule has 20 nitrogen and oxygen atoms in total. The predicted molar refractivity (Wildman–Crippen MR) is 325 cm³/mol. The summed E-state index contributed by atoms with van der Waals surface area (Å²) in [4.78, 5) is 48.8. The molecule has 21 heteroatoms. The molecule has 4 saturated heterocycles. The van der Waals surface area contributed by atoms with Gasteiger partial charge in [0.2, 0.25) is 5.88 Å². The van der Waals surface area contributed by atoms with Crippen LogP contribution in [-0.2, 0) is 25.9 Å². The highest BCUT2D eigenvalue weighted by Gasteiger charge is 2.50. The lowest BCUT2D eigenvalue weighted by atomic mass is 9.59. The van der Waals surface area contributed by atoms with Crippen LogP contribution < -0.4 is 34.2 Å². The van der Waals surface area contributed by atoms with Gasteiger partial charge in [-0.3, -0.25) is 19.8 Å². The summed E-state index contributed by atoms with van der Waals surface area (Å²) in [5.74, 6) is 1.89. The van der Waals surface area contributed by atoms with Gasteiger partial charge >= 0.3 is 0 Å². The first-order valence-electron chi connectivity index (χ1n) is 30.5. The summed E-state index contributed by atoms with van der Waals surface area (Å²) in [6.07, 6.45) is 14.2. The summed E-state index contributed by atoms with van der Waals surface area (Å²) in [6, 6.07) is 24.8. The normalized spacial score (nSPS) is 25.4. The Morgan fingerprint density at radius 2 is 1.69 bits per heavy atom. The summed E-state index contributed by atoms with van der Waals surface area (Å²) >= 11 is 0. The van der Waals surface area contributed by atoms with Gasteiger partial charge in [0.25, 0.3) is 21.6 Å². The molecule has 6 fully saturated rings. The number of H-pyrrole nitrogens is 1. The van der Waals surface area contributed by atoms with Gasteiger partial charge in [-0.2, -0.15) is 4.98 Å². The maximum atomic E-state index is 14.9. The molecule has 6 aromatic rings. The van der Waals surface area contributed by atoms with E-state index in [-0.39, 0.29) is 28.6 Å². The van der Waals surface area contributed by atoms with Gasteiger partial charge in [-0.05, 0) is 180 Å². The molecule has 85 heavy (non-hydrogen) atoms. The Hall–Kier alpha value is -7.04. The molecule has 8 heterocycles. The zero-order valence-electron chi connectivity index (χ0n) is 48.8. The summed E-state index contributed by atoms with van der Waals surface area (Å²) in [7, 11) is -2.91. The van der Waals surface area contributed by atoms with Crippen molar-refractivity contribution in [3.8, 4) is 11.6 Å². The number of nitrogens with one attached hydrogen (secondary N) is 3. The average molecular weight is 1180 g/mol. The number of sulfonamides is 1. The van der Waals surface area contributed by atoms with Gasteiger partial charge in [0.1, 0.15) is 23.1 Å². The SMILES string of the molecule is COc1cc(C[C@@H]2CCN(C3CC4(CCN(c5ccc(C(=O)NS(=O)(=O)c6ccc(NCC7CCC(C)(O)CC7)c([N+](=O)[O-])c6)c(N6c7cc8cc[nH]c8nc7O[C@H]7COCC[C@@H]76)c5)CC4)C3)[C@@H](c3ccccc3C)C2)cnc1N1CCOCC1. The Balaban J connectivity index is 0.736. The highest BCUT2D eigenvalue weighted by atomic mass is 32.2. The first-order chi connectivity index (χ1) is 41.1. The zero-order valence-corrected chi connectivity index (χ0v) is 49.7. The van der Waals surface area contributed by atoms with Gasteiger partial charge in [0.15, 0.2) is 11.6 Å². The van der Waals surface area contributed by atoms with Crippen molar-refractivity contribution in [1.29, 1.82) is 0 Å². The van der Waals surface area contributed by atoms with Crippen molar-refractivity contribution in [2.24, 2.45) is 17.3 Å². The third-order valence-corrected chi connectivity index (χ3v) is 21.1. The van der Waals surface area contributed by atoms with E-state index in [1.54, 1.807) is 13.2 Å². The number of methoxy groups -OCH3 is 1. The van der Waals surface area contributed by atoms with Crippen LogP contribution in [0.3, 0.4) is 0 Å². The highest BCUT2D eigenvalue weighted by molar-refractivity contribution is 7.90. The van der Waals surface area contributed by atoms with Crippen LogP contribution in [-0.4, -0.2) is 141 Å². The number of carbonyl (C=O) groups excluding carboxylic acids is 1. The summed E-state index contributed by atoms with van der Waals surface area (Å²) in [5, 5.41) is 26.9. The minimum absolute atomic E-state index is 0.110. The van der Waals surface area contributed by atoms with Crippen molar-refractivity contribution in [1.82, 2.24) is 24.6 Å². The number of carbonyl (C=O) groups is 1. The number of aromatic amines is 1. The number of nitro groups is 1. The molecule has 4 N–H and O–H groups in total. The number of aliphatic hydroxyl groups is 1. The average Bonchev–Trinajstić information content (AvgIpc) is 1.90. The minimum Gasteiger partial charge on any atom is -0.493 e. The van der Waals surface area contributed by atoms with Gasteiger partial charge in [-0.25, -0.2) is 18.1 Å². The molecule has 2 saturated carbocycles. The molecule has 1 spiro atoms. The van der Waals surface area contributed by atoms with Crippen molar-refractivity contribution < 1.29 is 42.2 Å². The van der Waals surface area contributed by atoms with Crippen molar-refractivity contribution >= 4 is 61.2 Å². The molecule has 7 aliphatic rings. The molecule has 13 rings (SSSR count). The maximum Gasteiger partial charge on any atom is 0.293 e. The second kappa shape index (κ2) is 23.3. The van der Waals surface area contributed by atoms with Crippen LogP contribution in [0.5, 0.6) is 11.6 Å². The van der Waals surface area contributed by atoms with E-state index in [0.29, 0.717) is 93.1 Å². The lowest BCUT2D eigenvalue weighted by Crippen LogP contribution is -2.57. The number of piperidine rings is 2. The number of benzene rings is 3. The Kier molecular flexibility index (Phi) is 15.7. The van der Waals surface area contributed by atoms with E-state index in [1.165, 1.54) is 28.8 Å². The fourth-order valence-corrected chi connectivity index (χ4v) is 15.9. The van der Waals surface area contributed by atoms with Crippen molar-refractivity contribution in [2.75, 3.05) is 92.8 Å². The maximum absolute atomic E-state index is 14.9. The summed E-state index contributed by atoms with van der Waals surface area (Å²) < 4.78 is 54.9. The lowest BCUT2D eigenvalue weighted by Gasteiger charge is -2.58. The molecule has 3 aromatic carbocycles. The molecular formula is C64H78N10O10S. The monoisotopic (exact) mass is 1180 g/mol. The van der Waals surface area contributed by atoms with Gasteiger partial charge in [-0.1, -0.05) is 24.3 Å². The van der Waals surface area contributed by atoms with Crippen molar-refractivity contribution in [3.63, 3.8) is 0 Å². The Morgan fingerprint density at radius 3 is 2.47 bits per heavy atom. The number of aryl methyl sites for hydroxylation is 1. The largest absolute Gasteiger partial charge is 0.493 e. The number of amides is 1. The van der Waals surface area contributed by atoms with Gasteiger partial charge in [0.05, 0.1) is 59.6 Å². The van der Waals surface area contributed by atoms with Crippen LogP contribution >= 0.6 is 0 Å². The lowest BCUT2D eigenvalue weighted by molar-refractivity contribution is -0.384. The fourth-order valence-electron chi connectivity index (χ4n) is 14.9. The van der Waals surface area contributed by atoms with E-state index in [2.05, 4.69) is 78.1 Å². The molecule has 2 aliphatic carbocycles. The highest BCUT2D eigenvalue weighted by Crippen LogP contribution is 2.55. The minimum atomic E-state index is -4.64. The van der Waals surface area contributed by atoms with E-state index in [0.717, 1.165) is 119 Å². The molecule has 1 amide bonds. The number of ether oxygens (including phenoxy) is 4. The number of fused-ring (bicyclic) bond motifs is 3. The van der Waals surface area contributed by atoms with Crippen LogP contribution in [0.25, 0.3) is 11.0 Å². The third-order valence-electron chi connectivity index (χ3n) is 19.8. The number of nitrogens with zero attached hydrogens (tertiary/aromatic N) is 7. The van der Waals surface area contributed by atoms with Gasteiger partial charge < -0.3 is 49.1 Å². The second-order valence-corrected chi connectivity index (χ2v) is 27.0. The number of aromatic nitrogens is 3. The Bertz CT molecular complexity index is 3570. The molecule has 4 atom stereocenters. The second-order valence-electron chi connectivity index (χ2n) is 25.3. The van der Waals surface area contributed by atoms with E-state index in [1.807, 2.05) is 37.4 Å². The van der Waals surface area contributed by atoms with Gasteiger partial charge in [-0.15, -0.1) is 0 Å². The van der Waals surface area contributed by atoms with Crippen LogP contribution in [0.4, 0.5) is 34.3 Å². The molecule has 5 aliphatic heterocycles. The summed E-state index contributed by atoms with van der Waals surface area (Å²) in [6.45, 7) is 10.9. The number of likely N-dealkylation sites (tertiary alicyclic amines) is 1. The number of pyridine rings is 2. The van der Waals surface area contributed by atoms with Gasteiger partial charge in [0, 0.05) is 80.9 Å². The van der Waals surface area contributed by atoms with Crippen molar-refractivity contribution in [3.05, 3.63) is 124 Å². The quantitative estimate of drug-likeness (QED) is 0.0554. The number of rotatable bonds is 15. The van der Waals surface area contributed by atoms with Crippen LogP contribution in [0, 0.1) is 34.3 Å². The smallest absolute Gasteiger partial charge is 0.293 e. The van der Waals surface area contributed by atoms with Crippen LogP contribution in [0.2, 0.25) is 0 Å². The van der Waals surface area contributed by atoms with E-state index in [4.69, 9.17) is 28.9 Å². The molecule has 0 bridgehead atoms. The molecular weight excluding hydrogens is 1100 g/mol. The van der Waals surface area contributed by atoms with E-state index in [9.17, 15) is 28.4 Å². The van der Waals surface area contributed by atoms with E-state index < -0.39 is 43.1 Å². The zero-order chi connectivity index (χ0) is 58.6. The van der Waals surface area contributed by atoms with Crippen LogP contribution in [0.15, 0.2) is 96.2 Å². The van der Waals surface area contributed by atoms with E-state index >= 15 is 0 Å². The Morgan fingerprint density at radius 1 is 0.894 bits per heavy atom. The molecule has 3 aromatic heterocycles. The Labute approximate surface area is 496 Å². The number of nitro benzene ring substituents is 1. The number of morpholine rings is 1. The first kappa shape index (κ1) is 57.1. The molecule has 450 valence electrons. The van der Waals surface area contributed by atoms with Crippen LogP contribution in [0.1, 0.15) is 111 Å². The number of anilines is 5. The van der Waals surface area contributed by atoms with Crippen molar-refractivity contribution in [2.45, 2.75) is 126 Å². The predicted octanol–water partition coefficient (Wildman–Crippen LogP) is 9.62. The standard InChI is InChI=1S/C64H78N10O10S/c1-41-6-4-5-7-49(41)53-31-43(30-44-32-57(81-3)60(67-39-44)71-25-28-82-29-26-71)15-22-72(53)47-36-64(37-47)19-23-70(24-20-64)46-8-10-50(54(34-46)73-52-16-27-83-40-58(52)84-62-56(73)33-45-14-21-65-59(45)68-62)61(75)69-85(79,80)48-9-11-51(55(35-48)74(77)78)66-38-42-12-17-63(2,76)18-13-42/h4-11,14,21,32-35,39,42-43,47,52-53,58,66,76H,12-13,15-20,22-31,36-38,40H2,1-3H3,(H,65,68)(H,69,75)/t42?,43-,52-,53+,58-,63?/m0/s1. The summed E-state index contributed by atoms with van der Waals surface area (Å²) in [5.41, 5.74) is 6.00. The topological polar surface area (TPSA) is 230 Å². The first-order valence-corrected chi connectivity index (χ1v) is 32.0. The number of hydrogen-bond acceptors (Lipinski definition) is 17. The number of hydrogen-bond donors (Lipinski definition) is 4. The molecule has 0 unspecified atom stereocenters.